The van der Waals surface area contributed by atoms with E-state index >= 15 is 0 Å². The van der Waals surface area contributed by atoms with E-state index in [2.05, 4.69) is 36.6 Å². The van der Waals surface area contributed by atoms with Crippen LogP contribution < -0.4 is 4.74 Å². The number of pyridine rings is 1. The summed E-state index contributed by atoms with van der Waals surface area (Å²) in [7, 11) is 3.29. The molecule has 0 saturated carbocycles. The van der Waals surface area contributed by atoms with Gasteiger partial charge in [0.1, 0.15) is 24.4 Å². The summed E-state index contributed by atoms with van der Waals surface area (Å²) in [5.41, 5.74) is 5.31. The van der Waals surface area contributed by atoms with Crippen molar-refractivity contribution in [2.45, 2.75) is 20.1 Å². The van der Waals surface area contributed by atoms with Crippen molar-refractivity contribution >= 4 is 0 Å². The van der Waals surface area contributed by atoms with E-state index in [-0.39, 0.29) is 0 Å². The Kier molecular flexibility index (Phi) is 4.73. The molecule has 3 aromatic heterocycles. The minimum Gasteiger partial charge on any atom is -0.497 e. The van der Waals surface area contributed by atoms with Gasteiger partial charge in [-0.25, -0.2) is 4.98 Å². The van der Waals surface area contributed by atoms with Gasteiger partial charge in [0.25, 0.3) is 0 Å². The second-order valence-corrected chi connectivity index (χ2v) is 7.19. The van der Waals surface area contributed by atoms with E-state index in [9.17, 15) is 0 Å². The van der Waals surface area contributed by atoms with Crippen molar-refractivity contribution in [2.75, 3.05) is 14.2 Å². The Labute approximate surface area is 179 Å². The van der Waals surface area contributed by atoms with Crippen LogP contribution in [0.2, 0.25) is 0 Å². The Morgan fingerprint density at radius 3 is 2.74 bits per heavy atom. The van der Waals surface area contributed by atoms with Crippen LogP contribution in [0, 0.1) is 18.8 Å². The lowest BCUT2D eigenvalue weighted by molar-refractivity contribution is 0.174. The number of imidazole rings is 1. The van der Waals surface area contributed by atoms with E-state index < -0.39 is 0 Å². The first-order valence-electron chi connectivity index (χ1n) is 9.78. The number of hydrogen-bond acceptors (Lipinski definition) is 6. The van der Waals surface area contributed by atoms with Gasteiger partial charge in [-0.3, -0.25) is 9.55 Å². The van der Waals surface area contributed by atoms with Crippen LogP contribution in [0.25, 0.3) is 17.1 Å². The zero-order chi connectivity index (χ0) is 21.4. The number of methoxy groups -OCH3 is 2. The number of rotatable bonds is 3. The molecule has 4 aromatic rings. The Morgan fingerprint density at radius 2 is 1.97 bits per heavy atom. The highest BCUT2D eigenvalue weighted by Gasteiger charge is 2.26. The third-order valence-corrected chi connectivity index (χ3v) is 5.22. The fourth-order valence-electron chi connectivity index (χ4n) is 3.63. The molecule has 4 heterocycles. The maximum Gasteiger partial charge on any atom is 0.166 e. The summed E-state index contributed by atoms with van der Waals surface area (Å²) in [5.74, 6) is 8.62. The predicted octanol–water partition coefficient (Wildman–Crippen LogP) is 2.75. The molecule has 8 nitrogen and oxygen atoms in total. The van der Waals surface area contributed by atoms with Gasteiger partial charge in [0.2, 0.25) is 0 Å². The molecule has 0 saturated heterocycles. The van der Waals surface area contributed by atoms with Crippen LogP contribution in [-0.2, 0) is 17.9 Å². The van der Waals surface area contributed by atoms with E-state index in [0.717, 1.165) is 45.6 Å². The van der Waals surface area contributed by atoms with Crippen LogP contribution in [-0.4, -0.2) is 43.5 Å². The summed E-state index contributed by atoms with van der Waals surface area (Å²) in [6.07, 6.45) is 3.57. The highest BCUT2D eigenvalue weighted by molar-refractivity contribution is 5.71. The lowest BCUT2D eigenvalue weighted by Crippen LogP contribution is -2.09. The lowest BCUT2D eigenvalue weighted by Gasteiger charge is -2.09. The SMILES string of the molecule is COCc1nnc2n1Cc1c(C#Cc3ccc(C)nc3)ncn1-c1ccc(OC)cc1-2. The molecule has 0 spiro atoms. The molecule has 0 aliphatic carbocycles. The quantitative estimate of drug-likeness (QED) is 0.424. The highest BCUT2D eigenvalue weighted by Crippen LogP contribution is 2.34. The van der Waals surface area contributed by atoms with Crippen LogP contribution in [0.15, 0.2) is 42.9 Å². The maximum atomic E-state index is 5.44. The van der Waals surface area contributed by atoms with E-state index in [1.54, 1.807) is 26.7 Å². The molecule has 154 valence electrons. The van der Waals surface area contributed by atoms with Gasteiger partial charge in [0, 0.05) is 30.1 Å². The predicted molar refractivity (Wildman–Crippen MR) is 114 cm³/mol. The molecule has 5 rings (SSSR count). The van der Waals surface area contributed by atoms with Crippen LogP contribution >= 0.6 is 0 Å². The van der Waals surface area contributed by atoms with Gasteiger partial charge in [-0.1, -0.05) is 5.92 Å². The molecule has 0 bridgehead atoms. The molecule has 0 N–H and O–H groups in total. The average Bonchev–Trinajstić information content (AvgIpc) is 3.34. The largest absolute Gasteiger partial charge is 0.497 e. The molecule has 0 atom stereocenters. The number of hydrogen-bond donors (Lipinski definition) is 0. The molecule has 1 aromatic carbocycles. The van der Waals surface area contributed by atoms with Crippen molar-refractivity contribution in [3.63, 3.8) is 0 Å². The Balaban J connectivity index is 1.67. The molecule has 0 unspecified atom stereocenters. The van der Waals surface area contributed by atoms with Gasteiger partial charge in [-0.2, -0.15) is 0 Å². The fourth-order valence-corrected chi connectivity index (χ4v) is 3.63. The van der Waals surface area contributed by atoms with Crippen molar-refractivity contribution in [2.24, 2.45) is 0 Å². The lowest BCUT2D eigenvalue weighted by atomic mass is 10.1. The summed E-state index contributed by atoms with van der Waals surface area (Å²) in [4.78, 5) is 8.91. The van der Waals surface area contributed by atoms with Gasteiger partial charge in [0.05, 0.1) is 25.0 Å². The van der Waals surface area contributed by atoms with Crippen molar-refractivity contribution in [1.29, 1.82) is 0 Å². The summed E-state index contributed by atoms with van der Waals surface area (Å²) in [5, 5.41) is 8.79. The zero-order valence-electron chi connectivity index (χ0n) is 17.5. The van der Waals surface area contributed by atoms with E-state index in [4.69, 9.17) is 9.47 Å². The first-order valence-corrected chi connectivity index (χ1v) is 9.78. The molecule has 1 aliphatic rings. The number of nitrogens with zero attached hydrogens (tertiary/aromatic N) is 6. The Hall–Kier alpha value is -3.96. The second kappa shape index (κ2) is 7.70. The van der Waals surface area contributed by atoms with E-state index in [1.165, 1.54) is 0 Å². The molecule has 1 aliphatic heterocycles. The van der Waals surface area contributed by atoms with E-state index in [0.29, 0.717) is 18.8 Å². The topological polar surface area (TPSA) is 79.9 Å². The molecule has 0 fully saturated rings. The number of benzene rings is 1. The maximum absolute atomic E-state index is 5.44. The third kappa shape index (κ3) is 3.35. The number of aryl methyl sites for hydroxylation is 1. The minimum absolute atomic E-state index is 0.358. The standard InChI is InChI=1S/C23H20N6O2/c1-15-4-5-16(11-24-15)6-8-19-21-12-28-22(13-30-2)26-27-23(28)18-10-17(31-3)7-9-20(18)29(21)14-25-19/h4-5,7,9-11,14H,12-13H2,1-3H3. The van der Waals surface area contributed by atoms with Crippen molar-refractivity contribution < 1.29 is 9.47 Å². The van der Waals surface area contributed by atoms with Gasteiger partial charge in [-0.15, -0.1) is 10.2 Å². The van der Waals surface area contributed by atoms with Gasteiger partial charge < -0.3 is 14.0 Å². The minimum atomic E-state index is 0.358. The first-order chi connectivity index (χ1) is 15.2. The molecular formula is C23H20N6O2. The van der Waals surface area contributed by atoms with Crippen molar-refractivity contribution in [3.8, 4) is 34.7 Å². The molecule has 31 heavy (non-hydrogen) atoms. The molecule has 0 radical (unpaired) electrons. The third-order valence-electron chi connectivity index (χ3n) is 5.22. The van der Waals surface area contributed by atoms with Crippen LogP contribution in [0.5, 0.6) is 5.75 Å². The van der Waals surface area contributed by atoms with Crippen LogP contribution in [0.3, 0.4) is 0 Å². The van der Waals surface area contributed by atoms with Crippen LogP contribution in [0.1, 0.15) is 28.5 Å². The molecular weight excluding hydrogens is 392 g/mol. The number of aromatic nitrogens is 6. The fraction of sp³-hybridized carbons (Fsp3) is 0.217. The van der Waals surface area contributed by atoms with Gasteiger partial charge in [0.15, 0.2) is 11.6 Å². The summed E-state index contributed by atoms with van der Waals surface area (Å²) < 4.78 is 14.9. The normalized spacial score (nSPS) is 11.6. The summed E-state index contributed by atoms with van der Waals surface area (Å²) >= 11 is 0. The zero-order valence-corrected chi connectivity index (χ0v) is 17.5. The monoisotopic (exact) mass is 412 g/mol. The number of fused-ring (bicyclic) bond motifs is 5. The summed E-state index contributed by atoms with van der Waals surface area (Å²) in [6.45, 7) is 2.83. The van der Waals surface area contributed by atoms with Crippen molar-refractivity contribution in [3.05, 3.63) is 71.3 Å². The average molecular weight is 412 g/mol. The highest BCUT2D eigenvalue weighted by atomic mass is 16.5. The Morgan fingerprint density at radius 1 is 1.06 bits per heavy atom. The Bertz CT molecular complexity index is 1320. The van der Waals surface area contributed by atoms with Gasteiger partial charge >= 0.3 is 0 Å². The molecule has 0 amide bonds. The van der Waals surface area contributed by atoms with E-state index in [1.807, 2.05) is 41.8 Å². The smallest absolute Gasteiger partial charge is 0.166 e. The summed E-state index contributed by atoms with van der Waals surface area (Å²) in [6, 6.07) is 9.79. The molecule has 8 heteroatoms. The van der Waals surface area contributed by atoms with Gasteiger partial charge in [-0.05, 0) is 43.2 Å². The van der Waals surface area contributed by atoms with Crippen molar-refractivity contribution in [1.82, 2.24) is 29.3 Å². The second-order valence-electron chi connectivity index (χ2n) is 7.19. The first kappa shape index (κ1) is 19.0. The number of ether oxygens (including phenoxy) is 2. The van der Waals surface area contributed by atoms with Crippen LogP contribution in [0.4, 0.5) is 0 Å².